The van der Waals surface area contributed by atoms with Crippen LogP contribution in [0.2, 0.25) is 0 Å². The van der Waals surface area contributed by atoms with Gasteiger partial charge in [0.25, 0.3) is 0 Å². The quantitative estimate of drug-likeness (QED) is 0.774. The summed E-state index contributed by atoms with van der Waals surface area (Å²) >= 11 is 0. The molecule has 0 saturated carbocycles. The second-order valence-electron chi connectivity index (χ2n) is 5.13. The molecule has 104 valence electrons. The van der Waals surface area contributed by atoms with E-state index in [9.17, 15) is 0 Å². The number of hydrogen-bond donors (Lipinski definition) is 1. The van der Waals surface area contributed by atoms with E-state index in [1.54, 1.807) is 12.7 Å². The van der Waals surface area contributed by atoms with Gasteiger partial charge in [0, 0.05) is 17.0 Å². The summed E-state index contributed by atoms with van der Waals surface area (Å²) in [7, 11) is 0. The van der Waals surface area contributed by atoms with E-state index in [1.165, 1.54) is 5.56 Å². The molecule has 0 aliphatic heterocycles. The van der Waals surface area contributed by atoms with Crippen LogP contribution in [0, 0.1) is 0 Å². The second-order valence-corrected chi connectivity index (χ2v) is 5.13. The van der Waals surface area contributed by atoms with Crippen LogP contribution in [0.3, 0.4) is 0 Å². The fourth-order valence-corrected chi connectivity index (χ4v) is 2.24. The predicted octanol–water partition coefficient (Wildman–Crippen LogP) is 2.57. The van der Waals surface area contributed by atoms with E-state index in [1.807, 2.05) is 22.9 Å². The highest BCUT2D eigenvalue weighted by Crippen LogP contribution is 2.26. The highest BCUT2D eigenvalue weighted by Gasteiger charge is 2.14. The highest BCUT2D eigenvalue weighted by atomic mass is 16.3. The van der Waals surface area contributed by atoms with Crippen LogP contribution in [0.1, 0.15) is 25.2 Å². The first-order chi connectivity index (χ1) is 9.74. The third-order valence-corrected chi connectivity index (χ3v) is 3.24. The lowest BCUT2D eigenvalue weighted by molar-refractivity contribution is 0.479. The first-order valence-corrected chi connectivity index (χ1v) is 6.79. The summed E-state index contributed by atoms with van der Waals surface area (Å²) in [4.78, 5) is 3.99. The maximum absolute atomic E-state index is 5.97. The summed E-state index contributed by atoms with van der Waals surface area (Å²) in [5.74, 6) is 0.968. The monoisotopic (exact) mass is 270 g/mol. The van der Waals surface area contributed by atoms with Gasteiger partial charge in [0.05, 0.1) is 13.1 Å². The number of nitrogens with zero attached hydrogens (tertiary/aromatic N) is 3. The molecule has 3 rings (SSSR count). The largest absolute Gasteiger partial charge is 0.459 e. The van der Waals surface area contributed by atoms with Gasteiger partial charge in [-0.05, 0) is 6.07 Å². The summed E-state index contributed by atoms with van der Waals surface area (Å²) in [6.45, 7) is 5.64. The summed E-state index contributed by atoms with van der Waals surface area (Å²) < 4.78 is 7.79. The maximum Gasteiger partial charge on any atom is 0.137 e. The van der Waals surface area contributed by atoms with Gasteiger partial charge in [-0.1, -0.05) is 32.0 Å². The molecule has 0 bridgehead atoms. The standard InChI is InChI=1S/C15H18N4O/c1-11(2)17-7-15-13(8-19-10-16-9-18-19)12-5-3-4-6-14(12)20-15/h3-6,9-11,17H,7-8H2,1-2H3. The van der Waals surface area contributed by atoms with Crippen LogP contribution < -0.4 is 5.32 Å². The lowest BCUT2D eigenvalue weighted by Crippen LogP contribution is -2.22. The van der Waals surface area contributed by atoms with Crippen molar-refractivity contribution in [3.05, 3.63) is 48.2 Å². The Kier molecular flexibility index (Phi) is 3.52. The molecule has 0 saturated heterocycles. The Morgan fingerprint density at radius 1 is 1.30 bits per heavy atom. The van der Waals surface area contributed by atoms with Crippen LogP contribution >= 0.6 is 0 Å². The van der Waals surface area contributed by atoms with Crippen molar-refractivity contribution in [2.45, 2.75) is 33.0 Å². The van der Waals surface area contributed by atoms with Gasteiger partial charge in [0.15, 0.2) is 0 Å². The number of benzene rings is 1. The number of rotatable bonds is 5. The van der Waals surface area contributed by atoms with Crippen molar-refractivity contribution in [2.24, 2.45) is 0 Å². The molecule has 3 aromatic rings. The van der Waals surface area contributed by atoms with E-state index >= 15 is 0 Å². The Morgan fingerprint density at radius 3 is 2.90 bits per heavy atom. The topological polar surface area (TPSA) is 55.9 Å². The van der Waals surface area contributed by atoms with Gasteiger partial charge in [-0.3, -0.25) is 0 Å². The Hall–Kier alpha value is -2.14. The number of para-hydroxylation sites is 1. The minimum Gasteiger partial charge on any atom is -0.459 e. The van der Waals surface area contributed by atoms with Gasteiger partial charge in [-0.25, -0.2) is 9.67 Å². The van der Waals surface area contributed by atoms with Crippen molar-refractivity contribution < 1.29 is 4.42 Å². The molecular formula is C15H18N4O. The van der Waals surface area contributed by atoms with Gasteiger partial charge in [-0.15, -0.1) is 0 Å². The first-order valence-electron chi connectivity index (χ1n) is 6.79. The van der Waals surface area contributed by atoms with Gasteiger partial charge in [-0.2, -0.15) is 5.10 Å². The van der Waals surface area contributed by atoms with Crippen molar-refractivity contribution >= 4 is 11.0 Å². The molecule has 2 heterocycles. The molecule has 5 nitrogen and oxygen atoms in total. The van der Waals surface area contributed by atoms with E-state index in [2.05, 4.69) is 35.3 Å². The molecule has 20 heavy (non-hydrogen) atoms. The van der Waals surface area contributed by atoms with E-state index in [0.29, 0.717) is 12.6 Å². The van der Waals surface area contributed by atoms with Crippen molar-refractivity contribution in [3.63, 3.8) is 0 Å². The van der Waals surface area contributed by atoms with Crippen molar-refractivity contribution in [2.75, 3.05) is 0 Å². The summed E-state index contributed by atoms with van der Waals surface area (Å²) in [6, 6.07) is 8.53. The number of nitrogens with one attached hydrogen (secondary N) is 1. The molecule has 0 radical (unpaired) electrons. The molecule has 0 fully saturated rings. The Bertz CT molecular complexity index is 685. The Labute approximate surface area is 117 Å². The van der Waals surface area contributed by atoms with Gasteiger partial charge in [0.1, 0.15) is 24.0 Å². The van der Waals surface area contributed by atoms with E-state index in [4.69, 9.17) is 4.42 Å². The zero-order chi connectivity index (χ0) is 13.9. The summed E-state index contributed by atoms with van der Waals surface area (Å²) in [5.41, 5.74) is 2.09. The number of fused-ring (bicyclic) bond motifs is 1. The predicted molar refractivity (Wildman–Crippen MR) is 77.3 cm³/mol. The molecule has 0 atom stereocenters. The molecule has 0 amide bonds. The van der Waals surface area contributed by atoms with E-state index < -0.39 is 0 Å². The smallest absolute Gasteiger partial charge is 0.137 e. The zero-order valence-corrected chi connectivity index (χ0v) is 11.7. The van der Waals surface area contributed by atoms with Gasteiger partial charge >= 0.3 is 0 Å². The molecule has 0 unspecified atom stereocenters. The molecule has 1 aromatic carbocycles. The van der Waals surface area contributed by atoms with E-state index in [-0.39, 0.29) is 0 Å². The van der Waals surface area contributed by atoms with Crippen LogP contribution in [0.15, 0.2) is 41.3 Å². The normalized spacial score (nSPS) is 11.6. The third-order valence-electron chi connectivity index (χ3n) is 3.24. The Morgan fingerprint density at radius 2 is 2.15 bits per heavy atom. The van der Waals surface area contributed by atoms with Crippen molar-refractivity contribution in [1.82, 2.24) is 20.1 Å². The second kappa shape index (κ2) is 5.46. The van der Waals surface area contributed by atoms with Crippen LogP contribution in [0.5, 0.6) is 0 Å². The number of aromatic nitrogens is 3. The molecule has 0 spiro atoms. The lowest BCUT2D eigenvalue weighted by atomic mass is 10.1. The minimum atomic E-state index is 0.419. The lowest BCUT2D eigenvalue weighted by Gasteiger charge is -2.08. The van der Waals surface area contributed by atoms with Crippen molar-refractivity contribution in [3.8, 4) is 0 Å². The zero-order valence-electron chi connectivity index (χ0n) is 11.7. The molecule has 1 N–H and O–H groups in total. The third kappa shape index (κ3) is 2.58. The highest BCUT2D eigenvalue weighted by molar-refractivity contribution is 5.82. The maximum atomic E-state index is 5.97. The van der Waals surface area contributed by atoms with Crippen LogP contribution in [-0.2, 0) is 13.1 Å². The molecule has 2 aromatic heterocycles. The molecular weight excluding hydrogens is 252 g/mol. The summed E-state index contributed by atoms with van der Waals surface area (Å²) in [5, 5.41) is 8.72. The van der Waals surface area contributed by atoms with Crippen molar-refractivity contribution in [1.29, 1.82) is 0 Å². The average molecular weight is 270 g/mol. The van der Waals surface area contributed by atoms with Crippen LogP contribution in [0.4, 0.5) is 0 Å². The first kappa shape index (κ1) is 12.9. The SMILES string of the molecule is CC(C)NCc1oc2ccccc2c1Cn1cncn1. The number of furan rings is 1. The molecule has 0 aliphatic rings. The van der Waals surface area contributed by atoms with Crippen LogP contribution in [0.25, 0.3) is 11.0 Å². The fraction of sp³-hybridized carbons (Fsp3) is 0.333. The molecule has 5 heteroatoms. The van der Waals surface area contributed by atoms with E-state index in [0.717, 1.165) is 23.3 Å². The minimum absolute atomic E-state index is 0.419. The number of hydrogen-bond acceptors (Lipinski definition) is 4. The average Bonchev–Trinajstić information content (AvgIpc) is 3.05. The van der Waals surface area contributed by atoms with Gasteiger partial charge in [0.2, 0.25) is 0 Å². The van der Waals surface area contributed by atoms with Gasteiger partial charge < -0.3 is 9.73 Å². The molecule has 0 aliphatic carbocycles. The Balaban J connectivity index is 1.99. The van der Waals surface area contributed by atoms with Crippen LogP contribution in [-0.4, -0.2) is 20.8 Å². The fourth-order valence-electron chi connectivity index (χ4n) is 2.24. The summed E-state index contributed by atoms with van der Waals surface area (Å²) in [6.07, 6.45) is 3.27.